The second-order valence-corrected chi connectivity index (χ2v) is 7.41. The van der Waals surface area contributed by atoms with E-state index in [4.69, 9.17) is 18.0 Å². The number of thiophene rings is 1. The summed E-state index contributed by atoms with van der Waals surface area (Å²) < 4.78 is 0. The number of carbonyl (C=O) groups is 1. The van der Waals surface area contributed by atoms with Crippen molar-refractivity contribution in [3.63, 3.8) is 0 Å². The van der Waals surface area contributed by atoms with E-state index >= 15 is 0 Å². The number of fused-ring (bicyclic) bond motifs is 1. The monoisotopic (exact) mass is 385 g/mol. The molecule has 26 heavy (non-hydrogen) atoms. The molecule has 0 aliphatic heterocycles. The maximum atomic E-state index is 12.5. The number of aromatic nitrogens is 1. The lowest BCUT2D eigenvalue weighted by molar-refractivity contribution is 0.0949. The van der Waals surface area contributed by atoms with Crippen molar-refractivity contribution in [2.24, 2.45) is 0 Å². The number of hydrogen-bond acceptors (Lipinski definition) is 5. The minimum Gasteiger partial charge on any atom is -0.397 e. The van der Waals surface area contributed by atoms with Crippen LogP contribution in [0.5, 0.6) is 0 Å². The Morgan fingerprint density at radius 1 is 1.15 bits per heavy atom. The fraction of sp³-hybridized carbons (Fsp3) is 0.167. The minimum absolute atomic E-state index is 0.284. The number of nitrogen functional groups attached to an aromatic ring is 1. The summed E-state index contributed by atoms with van der Waals surface area (Å²) in [4.78, 5) is 18.1. The van der Waals surface area contributed by atoms with Crippen LogP contribution in [0.15, 0.2) is 30.3 Å². The Hall–Kier alpha value is -2.71. The number of hydrazine groups is 1. The number of nitrogens with one attached hydrogen (secondary N) is 3. The normalized spacial score (nSPS) is 10.6. The first-order valence-corrected chi connectivity index (χ1v) is 9.18. The zero-order valence-electron chi connectivity index (χ0n) is 14.6. The highest BCUT2D eigenvalue weighted by atomic mass is 32.1. The van der Waals surface area contributed by atoms with E-state index in [1.54, 1.807) is 0 Å². The van der Waals surface area contributed by atoms with Gasteiger partial charge in [-0.1, -0.05) is 17.7 Å². The van der Waals surface area contributed by atoms with E-state index in [0.29, 0.717) is 10.6 Å². The Bertz CT molecular complexity index is 995. The number of benzene rings is 1. The number of pyridine rings is 1. The first kappa shape index (κ1) is 18.1. The molecule has 0 saturated carbocycles. The molecule has 0 unspecified atom stereocenters. The molecule has 1 aromatic carbocycles. The van der Waals surface area contributed by atoms with Crippen molar-refractivity contribution in [2.75, 3.05) is 11.1 Å². The van der Waals surface area contributed by atoms with Crippen molar-refractivity contribution >= 4 is 56.2 Å². The van der Waals surface area contributed by atoms with E-state index in [2.05, 4.69) is 21.2 Å². The molecule has 3 aromatic rings. The summed E-state index contributed by atoms with van der Waals surface area (Å²) in [6, 6.07) is 9.71. The quantitative estimate of drug-likeness (QED) is 0.399. The molecule has 1 amide bonds. The number of rotatable bonds is 2. The maximum absolute atomic E-state index is 12.5. The molecular formula is C18H19N5OS2. The van der Waals surface area contributed by atoms with Gasteiger partial charge in [0.1, 0.15) is 9.71 Å². The fourth-order valence-electron chi connectivity index (χ4n) is 2.61. The number of carbonyl (C=O) groups excluding carboxylic acids is 1. The number of nitrogens with zero attached hydrogens (tertiary/aromatic N) is 1. The van der Waals surface area contributed by atoms with E-state index in [1.165, 1.54) is 11.3 Å². The average molecular weight is 386 g/mol. The number of anilines is 2. The molecule has 5 N–H and O–H groups in total. The lowest BCUT2D eigenvalue weighted by atomic mass is 10.1. The fourth-order valence-corrected chi connectivity index (χ4v) is 3.89. The summed E-state index contributed by atoms with van der Waals surface area (Å²) >= 11 is 6.46. The number of amides is 1. The first-order valence-electron chi connectivity index (χ1n) is 7.95. The topological polar surface area (TPSA) is 92.1 Å². The lowest BCUT2D eigenvalue weighted by Crippen LogP contribution is -2.43. The second-order valence-electron chi connectivity index (χ2n) is 6.00. The van der Waals surface area contributed by atoms with Gasteiger partial charge >= 0.3 is 0 Å². The molecule has 2 aromatic heterocycles. The summed E-state index contributed by atoms with van der Waals surface area (Å²) in [5.41, 5.74) is 15.8. The van der Waals surface area contributed by atoms with Gasteiger partial charge in [-0.25, -0.2) is 4.98 Å². The Morgan fingerprint density at radius 2 is 1.85 bits per heavy atom. The van der Waals surface area contributed by atoms with Crippen molar-refractivity contribution in [3.05, 3.63) is 52.0 Å². The molecule has 134 valence electrons. The predicted molar refractivity (Wildman–Crippen MR) is 112 cm³/mol. The van der Waals surface area contributed by atoms with Gasteiger partial charge in [0, 0.05) is 16.8 Å². The zero-order chi connectivity index (χ0) is 18.8. The smallest absolute Gasteiger partial charge is 0.281 e. The van der Waals surface area contributed by atoms with Gasteiger partial charge < -0.3 is 11.1 Å². The summed E-state index contributed by atoms with van der Waals surface area (Å²) in [6.07, 6.45) is 0. The van der Waals surface area contributed by atoms with Crippen LogP contribution >= 0.6 is 23.6 Å². The van der Waals surface area contributed by atoms with Crippen LogP contribution in [0.1, 0.15) is 26.5 Å². The van der Waals surface area contributed by atoms with Crippen LogP contribution < -0.4 is 21.9 Å². The standard InChI is InChI=1S/C18H19N5OS2/c1-9-4-6-12(7-5-9)21-18(25)23-22-16(24)15-14(19)13-10(2)8-11(3)20-17(13)26-15/h4-8H,19H2,1-3H3,(H,22,24)(H2,21,23,25). The molecular weight excluding hydrogens is 366 g/mol. The molecule has 0 bridgehead atoms. The van der Waals surface area contributed by atoms with Crippen molar-refractivity contribution in [2.45, 2.75) is 20.8 Å². The van der Waals surface area contributed by atoms with E-state index < -0.39 is 0 Å². The van der Waals surface area contributed by atoms with Gasteiger partial charge in [0.2, 0.25) is 0 Å². The first-order chi connectivity index (χ1) is 12.3. The third-order valence-electron chi connectivity index (χ3n) is 3.83. The highest BCUT2D eigenvalue weighted by Crippen LogP contribution is 2.34. The van der Waals surface area contributed by atoms with Crippen LogP contribution in [0.2, 0.25) is 0 Å². The van der Waals surface area contributed by atoms with Crippen LogP contribution in [0.3, 0.4) is 0 Å². The molecule has 0 saturated heterocycles. The van der Waals surface area contributed by atoms with Gasteiger partial charge in [0.15, 0.2) is 5.11 Å². The Balaban J connectivity index is 1.69. The van der Waals surface area contributed by atoms with Crippen molar-refractivity contribution in [1.29, 1.82) is 0 Å². The highest BCUT2D eigenvalue weighted by Gasteiger charge is 2.19. The summed E-state index contributed by atoms with van der Waals surface area (Å²) in [5.74, 6) is -0.351. The molecule has 0 spiro atoms. The number of thiocarbonyl (C=S) groups is 1. The van der Waals surface area contributed by atoms with E-state index in [-0.39, 0.29) is 11.0 Å². The van der Waals surface area contributed by atoms with Crippen LogP contribution in [0.25, 0.3) is 10.2 Å². The summed E-state index contributed by atoms with van der Waals surface area (Å²) in [6.45, 7) is 5.88. The van der Waals surface area contributed by atoms with Crippen molar-refractivity contribution in [1.82, 2.24) is 15.8 Å². The van der Waals surface area contributed by atoms with Gasteiger partial charge in [-0.15, -0.1) is 11.3 Å². The van der Waals surface area contributed by atoms with Crippen LogP contribution in [-0.2, 0) is 0 Å². The summed E-state index contributed by atoms with van der Waals surface area (Å²) in [7, 11) is 0. The molecule has 0 fully saturated rings. The molecule has 6 nitrogen and oxygen atoms in total. The van der Waals surface area contributed by atoms with E-state index in [9.17, 15) is 4.79 Å². The van der Waals surface area contributed by atoms with E-state index in [0.717, 1.165) is 32.7 Å². The zero-order valence-corrected chi connectivity index (χ0v) is 16.3. The van der Waals surface area contributed by atoms with Gasteiger partial charge in [0.25, 0.3) is 5.91 Å². The third-order valence-corrected chi connectivity index (χ3v) is 5.13. The Kier molecular flexibility index (Phi) is 5.06. The Morgan fingerprint density at radius 3 is 2.54 bits per heavy atom. The second kappa shape index (κ2) is 7.27. The van der Waals surface area contributed by atoms with Gasteiger partial charge in [0.05, 0.1) is 5.69 Å². The number of aryl methyl sites for hydroxylation is 3. The summed E-state index contributed by atoms with van der Waals surface area (Å²) in [5, 5.41) is 4.11. The Labute approximate surface area is 160 Å². The minimum atomic E-state index is -0.351. The largest absolute Gasteiger partial charge is 0.397 e. The van der Waals surface area contributed by atoms with E-state index in [1.807, 2.05) is 51.1 Å². The van der Waals surface area contributed by atoms with Crippen molar-refractivity contribution < 1.29 is 4.79 Å². The number of hydrogen-bond donors (Lipinski definition) is 4. The molecule has 0 radical (unpaired) electrons. The highest BCUT2D eigenvalue weighted by molar-refractivity contribution is 7.80. The molecule has 0 aliphatic rings. The van der Waals surface area contributed by atoms with Crippen LogP contribution in [-0.4, -0.2) is 16.0 Å². The molecule has 3 rings (SSSR count). The van der Waals surface area contributed by atoms with Crippen LogP contribution in [0, 0.1) is 20.8 Å². The average Bonchev–Trinajstić information content (AvgIpc) is 2.91. The maximum Gasteiger partial charge on any atom is 0.281 e. The van der Waals surface area contributed by atoms with Gasteiger partial charge in [-0.3, -0.25) is 15.6 Å². The molecule has 2 heterocycles. The molecule has 8 heteroatoms. The molecule has 0 aliphatic carbocycles. The third kappa shape index (κ3) is 3.76. The van der Waals surface area contributed by atoms with Crippen molar-refractivity contribution in [3.8, 4) is 0 Å². The predicted octanol–water partition coefficient (Wildman–Crippen LogP) is 3.44. The number of nitrogens with two attached hydrogens (primary N) is 1. The van der Waals surface area contributed by atoms with Crippen LogP contribution in [0.4, 0.5) is 11.4 Å². The molecule has 0 atom stereocenters. The SMILES string of the molecule is Cc1ccc(NC(=S)NNC(=O)c2sc3nc(C)cc(C)c3c2N)cc1. The van der Waals surface area contributed by atoms with Gasteiger partial charge in [-0.05, 0) is 56.8 Å². The lowest BCUT2D eigenvalue weighted by Gasteiger charge is -2.11. The van der Waals surface area contributed by atoms with Gasteiger partial charge in [-0.2, -0.15) is 0 Å².